The Hall–Kier alpha value is -1.95. The van der Waals surface area contributed by atoms with Crippen molar-refractivity contribution >= 4 is 11.6 Å². The molecule has 1 unspecified atom stereocenters. The molecule has 2 atom stereocenters. The van der Waals surface area contributed by atoms with E-state index in [-0.39, 0.29) is 24.2 Å². The van der Waals surface area contributed by atoms with E-state index in [1.165, 1.54) is 12.1 Å². The van der Waals surface area contributed by atoms with Gasteiger partial charge in [0.05, 0.1) is 23.5 Å². The molecule has 1 saturated heterocycles. The summed E-state index contributed by atoms with van der Waals surface area (Å²) < 4.78 is 0. The predicted octanol–water partition coefficient (Wildman–Crippen LogP) is 1.68. The number of carbonyl (C=O) groups excluding carboxylic acids is 1. The highest BCUT2D eigenvalue weighted by Gasteiger charge is 2.31. The first-order valence-electron chi connectivity index (χ1n) is 6.70. The van der Waals surface area contributed by atoms with Gasteiger partial charge in [0.1, 0.15) is 0 Å². The third-order valence-corrected chi connectivity index (χ3v) is 3.82. The van der Waals surface area contributed by atoms with E-state index in [2.05, 4.69) is 0 Å². The zero-order chi connectivity index (χ0) is 14.7. The number of amides is 1. The first-order valence-corrected chi connectivity index (χ1v) is 6.70. The van der Waals surface area contributed by atoms with E-state index in [9.17, 15) is 20.0 Å². The molecule has 0 aromatic heterocycles. The van der Waals surface area contributed by atoms with E-state index in [1.807, 2.05) is 0 Å². The maximum Gasteiger partial charge on any atom is 0.269 e. The standard InChI is InChI=1S/C14H18N2O4/c1-10(11-4-2-5-12(8-11)16(19)20)14(18)15-7-3-6-13(15)9-17/h2,4-5,8,10,13,17H,3,6-7,9H2,1H3/t10?,13-/m0/s1. The second-order valence-electron chi connectivity index (χ2n) is 5.08. The molecule has 0 spiro atoms. The molecule has 1 aromatic rings. The lowest BCUT2D eigenvalue weighted by molar-refractivity contribution is -0.384. The molecule has 0 saturated carbocycles. The van der Waals surface area contributed by atoms with Crippen molar-refractivity contribution in [2.45, 2.75) is 31.7 Å². The number of nitrogens with zero attached hydrogens (tertiary/aromatic N) is 2. The number of rotatable bonds is 4. The Bertz CT molecular complexity index is 518. The maximum absolute atomic E-state index is 12.4. The molecule has 1 aliphatic rings. The molecule has 20 heavy (non-hydrogen) atoms. The fraction of sp³-hybridized carbons (Fsp3) is 0.500. The van der Waals surface area contributed by atoms with Crippen LogP contribution < -0.4 is 0 Å². The number of likely N-dealkylation sites (tertiary alicyclic amines) is 1. The average Bonchev–Trinajstić information content (AvgIpc) is 2.94. The van der Waals surface area contributed by atoms with Gasteiger partial charge in [-0.2, -0.15) is 0 Å². The Morgan fingerprint density at radius 3 is 3.00 bits per heavy atom. The third-order valence-electron chi connectivity index (χ3n) is 3.82. The van der Waals surface area contributed by atoms with E-state index >= 15 is 0 Å². The highest BCUT2D eigenvalue weighted by Crippen LogP contribution is 2.26. The van der Waals surface area contributed by atoms with Gasteiger partial charge in [-0.1, -0.05) is 12.1 Å². The molecule has 2 rings (SSSR count). The summed E-state index contributed by atoms with van der Waals surface area (Å²) in [5.41, 5.74) is 0.620. The first kappa shape index (κ1) is 14.5. The van der Waals surface area contributed by atoms with Gasteiger partial charge in [0, 0.05) is 18.7 Å². The van der Waals surface area contributed by atoms with Crippen molar-refractivity contribution in [1.82, 2.24) is 4.90 Å². The number of hydrogen-bond acceptors (Lipinski definition) is 4. The van der Waals surface area contributed by atoms with Crippen LogP contribution in [0.2, 0.25) is 0 Å². The van der Waals surface area contributed by atoms with Crippen LogP contribution in [-0.4, -0.2) is 40.0 Å². The molecule has 6 heteroatoms. The van der Waals surface area contributed by atoms with Crippen LogP contribution in [0, 0.1) is 10.1 Å². The summed E-state index contributed by atoms with van der Waals surface area (Å²) >= 11 is 0. The van der Waals surface area contributed by atoms with E-state index in [0.717, 1.165) is 12.8 Å². The van der Waals surface area contributed by atoms with Crippen LogP contribution in [0.3, 0.4) is 0 Å². The molecule has 1 N–H and O–H groups in total. The van der Waals surface area contributed by atoms with Crippen LogP contribution in [0.5, 0.6) is 0 Å². The molecule has 108 valence electrons. The summed E-state index contributed by atoms with van der Waals surface area (Å²) in [6.45, 7) is 2.35. The Labute approximate surface area is 117 Å². The molecule has 6 nitrogen and oxygen atoms in total. The van der Waals surface area contributed by atoms with Crippen molar-refractivity contribution in [3.8, 4) is 0 Å². The first-order chi connectivity index (χ1) is 9.54. The normalized spacial score (nSPS) is 19.9. The van der Waals surface area contributed by atoms with Crippen LogP contribution in [0.15, 0.2) is 24.3 Å². The molecule has 0 radical (unpaired) electrons. The summed E-state index contributed by atoms with van der Waals surface area (Å²) in [4.78, 5) is 24.4. The molecule has 0 bridgehead atoms. The zero-order valence-corrected chi connectivity index (χ0v) is 11.4. The van der Waals surface area contributed by atoms with Crippen LogP contribution in [0.1, 0.15) is 31.2 Å². The van der Waals surface area contributed by atoms with E-state index in [4.69, 9.17) is 0 Å². The lowest BCUT2D eigenvalue weighted by Crippen LogP contribution is -2.39. The molecule has 0 aliphatic carbocycles. The van der Waals surface area contributed by atoms with Crippen LogP contribution in [0.25, 0.3) is 0 Å². The molecule has 1 aliphatic heterocycles. The Morgan fingerprint density at radius 1 is 1.60 bits per heavy atom. The zero-order valence-electron chi connectivity index (χ0n) is 11.4. The molecule has 1 aromatic carbocycles. The van der Waals surface area contributed by atoms with Crippen molar-refractivity contribution < 1.29 is 14.8 Å². The van der Waals surface area contributed by atoms with Gasteiger partial charge < -0.3 is 10.0 Å². The van der Waals surface area contributed by atoms with Crippen molar-refractivity contribution in [2.75, 3.05) is 13.2 Å². The fourth-order valence-corrected chi connectivity index (χ4v) is 2.61. The number of aliphatic hydroxyl groups excluding tert-OH is 1. The van der Waals surface area contributed by atoms with Crippen LogP contribution >= 0.6 is 0 Å². The van der Waals surface area contributed by atoms with Gasteiger partial charge in [0.25, 0.3) is 5.69 Å². The van der Waals surface area contributed by atoms with Gasteiger partial charge in [-0.05, 0) is 25.3 Å². The number of non-ortho nitro benzene ring substituents is 1. The summed E-state index contributed by atoms with van der Waals surface area (Å²) in [6.07, 6.45) is 1.70. The number of aliphatic hydroxyl groups is 1. The van der Waals surface area contributed by atoms with Crippen LogP contribution in [-0.2, 0) is 4.79 Å². The van der Waals surface area contributed by atoms with Crippen LogP contribution in [0.4, 0.5) is 5.69 Å². The average molecular weight is 278 g/mol. The predicted molar refractivity (Wildman–Crippen MR) is 73.3 cm³/mol. The fourth-order valence-electron chi connectivity index (χ4n) is 2.61. The van der Waals surface area contributed by atoms with E-state index < -0.39 is 10.8 Å². The lowest BCUT2D eigenvalue weighted by Gasteiger charge is -2.26. The molecule has 1 amide bonds. The number of nitro benzene ring substituents is 1. The minimum Gasteiger partial charge on any atom is -0.394 e. The largest absolute Gasteiger partial charge is 0.394 e. The van der Waals surface area contributed by atoms with Gasteiger partial charge in [-0.3, -0.25) is 14.9 Å². The summed E-state index contributed by atoms with van der Waals surface area (Å²) in [6, 6.07) is 6.04. The minimum absolute atomic E-state index is 0.0118. The van der Waals surface area contributed by atoms with E-state index in [0.29, 0.717) is 12.1 Å². The van der Waals surface area contributed by atoms with Crippen molar-refractivity contribution in [3.63, 3.8) is 0 Å². The van der Waals surface area contributed by atoms with Crippen molar-refractivity contribution in [3.05, 3.63) is 39.9 Å². The maximum atomic E-state index is 12.4. The number of nitro groups is 1. The minimum atomic E-state index is -0.465. The highest BCUT2D eigenvalue weighted by atomic mass is 16.6. The second-order valence-corrected chi connectivity index (χ2v) is 5.08. The van der Waals surface area contributed by atoms with Gasteiger partial charge >= 0.3 is 0 Å². The third kappa shape index (κ3) is 2.80. The smallest absolute Gasteiger partial charge is 0.269 e. The Morgan fingerprint density at radius 2 is 2.35 bits per heavy atom. The molecule has 1 heterocycles. The SMILES string of the molecule is CC(C(=O)N1CCC[C@H]1CO)c1cccc([N+](=O)[O-])c1. The number of carbonyl (C=O) groups is 1. The second kappa shape index (κ2) is 6.00. The van der Waals surface area contributed by atoms with Gasteiger partial charge in [0.15, 0.2) is 0 Å². The number of benzene rings is 1. The quantitative estimate of drug-likeness (QED) is 0.671. The molecular formula is C14H18N2O4. The van der Waals surface area contributed by atoms with Crippen molar-refractivity contribution in [1.29, 1.82) is 0 Å². The van der Waals surface area contributed by atoms with E-state index in [1.54, 1.807) is 24.0 Å². The topological polar surface area (TPSA) is 83.7 Å². The Balaban J connectivity index is 2.18. The number of hydrogen-bond donors (Lipinski definition) is 1. The Kier molecular flexibility index (Phi) is 4.34. The summed E-state index contributed by atoms with van der Waals surface area (Å²) in [7, 11) is 0. The lowest BCUT2D eigenvalue weighted by atomic mass is 9.99. The molecular weight excluding hydrogens is 260 g/mol. The summed E-state index contributed by atoms with van der Waals surface area (Å²) in [5, 5.41) is 20.0. The monoisotopic (exact) mass is 278 g/mol. The summed E-state index contributed by atoms with van der Waals surface area (Å²) in [5.74, 6) is -0.524. The van der Waals surface area contributed by atoms with Gasteiger partial charge in [-0.15, -0.1) is 0 Å². The van der Waals surface area contributed by atoms with Gasteiger partial charge in [0.2, 0.25) is 5.91 Å². The highest BCUT2D eigenvalue weighted by molar-refractivity contribution is 5.84. The van der Waals surface area contributed by atoms with Gasteiger partial charge in [-0.25, -0.2) is 0 Å². The van der Waals surface area contributed by atoms with Crippen molar-refractivity contribution in [2.24, 2.45) is 0 Å². The molecule has 1 fully saturated rings.